The van der Waals surface area contributed by atoms with Crippen LogP contribution in [-0.2, 0) is 4.79 Å². The maximum absolute atomic E-state index is 12.1. The number of piperidine rings is 1. The molecule has 1 amide bonds. The standard InChI is InChI=1S/C11H20F2N2O/c1-10(2)5-7(6-11(3,4)15-10)14-9(16)8(12)13/h7-8,15H,5-6H2,1-4H3,(H,14,16). The molecule has 3 nitrogen and oxygen atoms in total. The van der Waals surface area contributed by atoms with E-state index in [1.165, 1.54) is 0 Å². The summed E-state index contributed by atoms with van der Waals surface area (Å²) in [6.07, 6.45) is -1.61. The van der Waals surface area contributed by atoms with E-state index in [-0.39, 0.29) is 17.1 Å². The molecule has 0 spiro atoms. The first-order chi connectivity index (χ1) is 7.11. The normalized spacial score (nSPS) is 24.4. The lowest BCUT2D eigenvalue weighted by Crippen LogP contribution is -2.62. The lowest BCUT2D eigenvalue weighted by atomic mass is 9.79. The second-order valence-corrected chi connectivity index (χ2v) is 5.81. The highest BCUT2D eigenvalue weighted by molar-refractivity contribution is 5.79. The Labute approximate surface area is 95.0 Å². The summed E-state index contributed by atoms with van der Waals surface area (Å²) >= 11 is 0. The van der Waals surface area contributed by atoms with Crippen LogP contribution in [0.2, 0.25) is 0 Å². The summed E-state index contributed by atoms with van der Waals surface area (Å²) in [7, 11) is 0. The first kappa shape index (κ1) is 13.4. The van der Waals surface area contributed by atoms with Gasteiger partial charge < -0.3 is 10.6 Å². The largest absolute Gasteiger partial charge is 0.348 e. The maximum atomic E-state index is 12.1. The van der Waals surface area contributed by atoms with Crippen molar-refractivity contribution in [1.82, 2.24) is 10.6 Å². The van der Waals surface area contributed by atoms with Crippen LogP contribution in [0.25, 0.3) is 0 Å². The number of hydrogen-bond acceptors (Lipinski definition) is 2. The molecular formula is C11H20F2N2O. The second kappa shape index (κ2) is 4.28. The molecule has 0 aromatic rings. The zero-order valence-electron chi connectivity index (χ0n) is 10.2. The van der Waals surface area contributed by atoms with Crippen molar-refractivity contribution in [3.63, 3.8) is 0 Å². The molecule has 16 heavy (non-hydrogen) atoms. The predicted octanol–water partition coefficient (Wildman–Crippen LogP) is 1.68. The van der Waals surface area contributed by atoms with Gasteiger partial charge in [0.2, 0.25) is 0 Å². The van der Waals surface area contributed by atoms with Gasteiger partial charge in [0.25, 0.3) is 5.91 Å². The summed E-state index contributed by atoms with van der Waals surface area (Å²) in [4.78, 5) is 11.0. The molecule has 0 saturated carbocycles. The number of rotatable bonds is 2. The summed E-state index contributed by atoms with van der Waals surface area (Å²) in [5, 5.41) is 5.83. The average Bonchev–Trinajstić information content (AvgIpc) is 1.96. The molecule has 0 aromatic carbocycles. The Hall–Kier alpha value is -0.710. The van der Waals surface area contributed by atoms with Crippen LogP contribution < -0.4 is 10.6 Å². The molecule has 1 heterocycles. The number of alkyl halides is 2. The summed E-state index contributed by atoms with van der Waals surface area (Å²) in [6, 6.07) is -0.187. The molecule has 94 valence electrons. The van der Waals surface area contributed by atoms with E-state index >= 15 is 0 Å². The molecule has 0 radical (unpaired) electrons. The number of nitrogens with one attached hydrogen (secondary N) is 2. The highest BCUT2D eigenvalue weighted by atomic mass is 19.3. The Balaban J connectivity index is 2.64. The molecule has 1 rings (SSSR count). The summed E-state index contributed by atoms with van der Waals surface area (Å²) in [6.45, 7) is 8.04. The molecule has 5 heteroatoms. The lowest BCUT2D eigenvalue weighted by molar-refractivity contribution is -0.133. The number of carbonyl (C=O) groups excluding carboxylic acids is 1. The highest BCUT2D eigenvalue weighted by Gasteiger charge is 2.38. The fourth-order valence-corrected chi connectivity index (χ4v) is 2.69. The Kier molecular flexibility index (Phi) is 3.57. The summed E-state index contributed by atoms with van der Waals surface area (Å²) in [5.74, 6) is -1.17. The van der Waals surface area contributed by atoms with E-state index in [0.29, 0.717) is 12.8 Å². The molecule has 1 aliphatic heterocycles. The Morgan fingerprint density at radius 3 is 2.06 bits per heavy atom. The Morgan fingerprint density at radius 2 is 1.69 bits per heavy atom. The van der Waals surface area contributed by atoms with Crippen LogP contribution in [0.15, 0.2) is 0 Å². The SMILES string of the molecule is CC1(C)CC(NC(=O)C(F)F)CC(C)(C)N1. The van der Waals surface area contributed by atoms with Crippen LogP contribution in [0, 0.1) is 0 Å². The van der Waals surface area contributed by atoms with Crippen LogP contribution in [0.5, 0.6) is 0 Å². The van der Waals surface area contributed by atoms with Crippen LogP contribution >= 0.6 is 0 Å². The van der Waals surface area contributed by atoms with E-state index < -0.39 is 12.3 Å². The molecule has 2 N–H and O–H groups in total. The highest BCUT2D eigenvalue weighted by Crippen LogP contribution is 2.28. The minimum Gasteiger partial charge on any atom is -0.348 e. The molecular weight excluding hydrogens is 214 g/mol. The van der Waals surface area contributed by atoms with Gasteiger partial charge in [-0.3, -0.25) is 4.79 Å². The first-order valence-electron chi connectivity index (χ1n) is 5.49. The van der Waals surface area contributed by atoms with Crippen LogP contribution in [0.3, 0.4) is 0 Å². The zero-order chi connectivity index (χ0) is 12.6. The quantitative estimate of drug-likeness (QED) is 0.763. The van der Waals surface area contributed by atoms with Crippen molar-refractivity contribution < 1.29 is 13.6 Å². The average molecular weight is 234 g/mol. The van der Waals surface area contributed by atoms with Crippen LogP contribution in [0.4, 0.5) is 8.78 Å². The number of carbonyl (C=O) groups is 1. The van der Waals surface area contributed by atoms with Crippen molar-refractivity contribution in [3.8, 4) is 0 Å². The Bertz CT molecular complexity index is 261. The third-order valence-electron chi connectivity index (χ3n) is 2.73. The van der Waals surface area contributed by atoms with Crippen LogP contribution in [0.1, 0.15) is 40.5 Å². The van der Waals surface area contributed by atoms with Crippen LogP contribution in [-0.4, -0.2) is 29.5 Å². The number of halogens is 2. The fourth-order valence-electron chi connectivity index (χ4n) is 2.69. The van der Waals surface area contributed by atoms with Crippen molar-refractivity contribution in [1.29, 1.82) is 0 Å². The molecule has 0 atom stereocenters. The molecule has 0 aliphatic carbocycles. The van der Waals surface area contributed by atoms with Crippen molar-refractivity contribution in [3.05, 3.63) is 0 Å². The van der Waals surface area contributed by atoms with E-state index in [9.17, 15) is 13.6 Å². The fraction of sp³-hybridized carbons (Fsp3) is 0.909. The van der Waals surface area contributed by atoms with E-state index in [1.54, 1.807) is 0 Å². The van der Waals surface area contributed by atoms with Gasteiger partial charge in [0.15, 0.2) is 0 Å². The van der Waals surface area contributed by atoms with Gasteiger partial charge in [-0.25, -0.2) is 0 Å². The minimum absolute atomic E-state index is 0.151. The van der Waals surface area contributed by atoms with E-state index in [1.807, 2.05) is 27.7 Å². The topological polar surface area (TPSA) is 41.1 Å². The van der Waals surface area contributed by atoms with E-state index in [4.69, 9.17) is 0 Å². The lowest BCUT2D eigenvalue weighted by Gasteiger charge is -2.46. The zero-order valence-corrected chi connectivity index (χ0v) is 10.2. The van der Waals surface area contributed by atoms with E-state index in [0.717, 1.165) is 0 Å². The van der Waals surface area contributed by atoms with Gasteiger partial charge >= 0.3 is 6.43 Å². The maximum Gasteiger partial charge on any atom is 0.315 e. The van der Waals surface area contributed by atoms with Crippen molar-refractivity contribution in [2.75, 3.05) is 0 Å². The van der Waals surface area contributed by atoms with Crippen molar-refractivity contribution in [2.24, 2.45) is 0 Å². The predicted molar refractivity (Wildman–Crippen MR) is 58.5 cm³/mol. The molecule has 1 fully saturated rings. The third kappa shape index (κ3) is 3.70. The van der Waals surface area contributed by atoms with Crippen molar-refractivity contribution in [2.45, 2.75) is 64.1 Å². The van der Waals surface area contributed by atoms with Gasteiger partial charge in [0.05, 0.1) is 0 Å². The van der Waals surface area contributed by atoms with Gasteiger partial charge in [-0.1, -0.05) is 0 Å². The molecule has 0 bridgehead atoms. The van der Waals surface area contributed by atoms with E-state index in [2.05, 4.69) is 10.6 Å². The summed E-state index contributed by atoms with van der Waals surface area (Å²) in [5.41, 5.74) is -0.302. The molecule has 0 aromatic heterocycles. The van der Waals surface area contributed by atoms with Crippen molar-refractivity contribution >= 4 is 5.91 Å². The minimum atomic E-state index is -2.93. The second-order valence-electron chi connectivity index (χ2n) is 5.81. The third-order valence-corrected chi connectivity index (χ3v) is 2.73. The van der Waals surface area contributed by atoms with Gasteiger partial charge in [-0.05, 0) is 40.5 Å². The number of hydrogen-bond donors (Lipinski definition) is 2. The van der Waals surface area contributed by atoms with Gasteiger partial charge in [0, 0.05) is 17.1 Å². The molecule has 1 saturated heterocycles. The Morgan fingerprint density at radius 1 is 1.25 bits per heavy atom. The smallest absolute Gasteiger partial charge is 0.315 e. The van der Waals surface area contributed by atoms with Gasteiger partial charge in [-0.2, -0.15) is 8.78 Å². The first-order valence-corrected chi connectivity index (χ1v) is 5.49. The summed E-state index contributed by atoms with van der Waals surface area (Å²) < 4.78 is 24.3. The number of amides is 1. The van der Waals surface area contributed by atoms with Gasteiger partial charge in [0.1, 0.15) is 0 Å². The molecule has 0 unspecified atom stereocenters. The monoisotopic (exact) mass is 234 g/mol. The molecule has 1 aliphatic rings. The van der Waals surface area contributed by atoms with Gasteiger partial charge in [-0.15, -0.1) is 0 Å².